The van der Waals surface area contributed by atoms with Crippen LogP contribution in [0.1, 0.15) is 38.6 Å². The summed E-state index contributed by atoms with van der Waals surface area (Å²) in [5, 5.41) is 11.4. The average molecular weight is 238 g/mol. The molecule has 2 heterocycles. The summed E-state index contributed by atoms with van der Waals surface area (Å²) in [5.74, 6) is 1.02. The lowest BCUT2D eigenvalue weighted by Gasteiger charge is -2.22. The first-order valence-electron chi connectivity index (χ1n) is 6.48. The second kappa shape index (κ2) is 6.12. The molecule has 1 fully saturated rings. The minimum Gasteiger partial charge on any atom is -0.378 e. The van der Waals surface area contributed by atoms with E-state index in [1.54, 1.807) is 6.33 Å². The molecular formula is C12H22N4O. The summed E-state index contributed by atoms with van der Waals surface area (Å²) in [4.78, 5) is 0. The van der Waals surface area contributed by atoms with Crippen molar-refractivity contribution in [2.75, 3.05) is 19.7 Å². The van der Waals surface area contributed by atoms with Gasteiger partial charge in [-0.15, -0.1) is 10.2 Å². The zero-order valence-corrected chi connectivity index (χ0v) is 10.7. The van der Waals surface area contributed by atoms with Crippen LogP contribution < -0.4 is 5.32 Å². The fourth-order valence-corrected chi connectivity index (χ4v) is 2.16. The van der Waals surface area contributed by atoms with Gasteiger partial charge in [0.25, 0.3) is 0 Å². The molecule has 96 valence electrons. The molecule has 5 nitrogen and oxygen atoms in total. The average Bonchev–Trinajstić information content (AvgIpc) is 2.79. The van der Waals surface area contributed by atoms with Crippen molar-refractivity contribution in [3.05, 3.63) is 12.2 Å². The fourth-order valence-electron chi connectivity index (χ4n) is 2.16. The van der Waals surface area contributed by atoms with E-state index in [0.717, 1.165) is 44.8 Å². The van der Waals surface area contributed by atoms with E-state index >= 15 is 0 Å². The van der Waals surface area contributed by atoms with Crippen LogP contribution in [0.4, 0.5) is 0 Å². The number of nitrogens with zero attached hydrogens (tertiary/aromatic N) is 3. The van der Waals surface area contributed by atoms with Gasteiger partial charge in [-0.3, -0.25) is 0 Å². The van der Waals surface area contributed by atoms with E-state index in [9.17, 15) is 0 Å². The Balaban J connectivity index is 1.75. The van der Waals surface area contributed by atoms with E-state index in [1.807, 2.05) is 0 Å². The summed E-state index contributed by atoms with van der Waals surface area (Å²) in [6, 6.07) is 0.416. The van der Waals surface area contributed by atoms with Crippen LogP contribution in [0.15, 0.2) is 6.33 Å². The van der Waals surface area contributed by atoms with E-state index in [4.69, 9.17) is 4.74 Å². The van der Waals surface area contributed by atoms with Crippen molar-refractivity contribution in [2.45, 2.75) is 45.3 Å². The minimum atomic E-state index is 0.416. The number of rotatable bonds is 5. The van der Waals surface area contributed by atoms with Gasteiger partial charge in [0.1, 0.15) is 12.2 Å². The Morgan fingerprint density at radius 3 is 2.94 bits per heavy atom. The summed E-state index contributed by atoms with van der Waals surface area (Å²) in [6.07, 6.45) is 5.31. The molecule has 0 aromatic carbocycles. The van der Waals surface area contributed by atoms with Crippen LogP contribution in [0, 0.1) is 0 Å². The van der Waals surface area contributed by atoms with Crippen molar-refractivity contribution in [1.29, 1.82) is 0 Å². The molecule has 1 aromatic heterocycles. The van der Waals surface area contributed by atoms with Crippen LogP contribution >= 0.6 is 0 Å². The van der Waals surface area contributed by atoms with Gasteiger partial charge in [0, 0.05) is 12.5 Å². The molecule has 0 unspecified atom stereocenters. The van der Waals surface area contributed by atoms with E-state index in [2.05, 4.69) is 33.9 Å². The topological polar surface area (TPSA) is 52.0 Å². The van der Waals surface area contributed by atoms with Crippen LogP contribution in [-0.2, 0) is 11.2 Å². The molecule has 1 aromatic rings. The van der Waals surface area contributed by atoms with Crippen molar-refractivity contribution in [2.24, 2.45) is 0 Å². The fraction of sp³-hybridized carbons (Fsp3) is 0.833. The highest BCUT2D eigenvalue weighted by Crippen LogP contribution is 2.10. The highest BCUT2D eigenvalue weighted by atomic mass is 16.5. The van der Waals surface area contributed by atoms with E-state index in [-0.39, 0.29) is 0 Å². The zero-order chi connectivity index (χ0) is 12.1. The number of ether oxygens (including phenoxy) is 1. The first-order valence-corrected chi connectivity index (χ1v) is 6.48. The van der Waals surface area contributed by atoms with Gasteiger partial charge in [0.15, 0.2) is 0 Å². The smallest absolute Gasteiger partial charge is 0.135 e. The first-order chi connectivity index (χ1) is 8.27. The van der Waals surface area contributed by atoms with Crippen molar-refractivity contribution in [1.82, 2.24) is 20.1 Å². The van der Waals surface area contributed by atoms with E-state index < -0.39 is 0 Å². The third kappa shape index (κ3) is 3.51. The maximum Gasteiger partial charge on any atom is 0.135 e. The van der Waals surface area contributed by atoms with Gasteiger partial charge in [-0.05, 0) is 39.8 Å². The number of hydrogen-bond acceptors (Lipinski definition) is 4. The van der Waals surface area contributed by atoms with Gasteiger partial charge in [0.2, 0.25) is 0 Å². The maximum atomic E-state index is 5.87. The molecule has 0 bridgehead atoms. The predicted octanol–water partition coefficient (Wildman–Crippen LogP) is 1.17. The molecule has 0 spiro atoms. The molecule has 5 heteroatoms. The lowest BCUT2D eigenvalue weighted by Crippen LogP contribution is -2.32. The Morgan fingerprint density at radius 2 is 2.24 bits per heavy atom. The summed E-state index contributed by atoms with van der Waals surface area (Å²) in [7, 11) is 0. The van der Waals surface area contributed by atoms with Crippen LogP contribution in [0.2, 0.25) is 0 Å². The molecule has 1 saturated heterocycles. The number of piperidine rings is 1. The lowest BCUT2D eigenvalue weighted by molar-refractivity contribution is 0.0338. The molecule has 2 rings (SSSR count). The van der Waals surface area contributed by atoms with Crippen LogP contribution in [0.5, 0.6) is 0 Å². The highest BCUT2D eigenvalue weighted by Gasteiger charge is 2.14. The van der Waals surface area contributed by atoms with Crippen LogP contribution in [-0.4, -0.2) is 40.6 Å². The van der Waals surface area contributed by atoms with Gasteiger partial charge in [-0.25, -0.2) is 0 Å². The van der Waals surface area contributed by atoms with Gasteiger partial charge in [-0.2, -0.15) is 0 Å². The number of hydrogen-bond donors (Lipinski definition) is 1. The molecule has 1 aliphatic heterocycles. The molecule has 0 atom stereocenters. The molecule has 0 radical (unpaired) electrons. The third-order valence-electron chi connectivity index (χ3n) is 3.17. The SMILES string of the molecule is CC(C)n1cnnc1CCOC1CCNCC1. The summed E-state index contributed by atoms with van der Waals surface area (Å²) < 4.78 is 7.97. The second-order valence-corrected chi connectivity index (χ2v) is 4.82. The van der Waals surface area contributed by atoms with Crippen LogP contribution in [0.3, 0.4) is 0 Å². The zero-order valence-electron chi connectivity index (χ0n) is 10.7. The Kier molecular flexibility index (Phi) is 4.50. The molecular weight excluding hydrogens is 216 g/mol. The summed E-state index contributed by atoms with van der Waals surface area (Å²) in [6.45, 7) is 7.18. The van der Waals surface area contributed by atoms with Crippen molar-refractivity contribution < 1.29 is 4.74 Å². The van der Waals surface area contributed by atoms with Crippen molar-refractivity contribution in [3.63, 3.8) is 0 Å². The van der Waals surface area contributed by atoms with Gasteiger partial charge < -0.3 is 14.6 Å². The van der Waals surface area contributed by atoms with Gasteiger partial charge in [0.05, 0.1) is 12.7 Å². The molecule has 0 saturated carbocycles. The lowest BCUT2D eigenvalue weighted by atomic mass is 10.1. The monoisotopic (exact) mass is 238 g/mol. The first kappa shape index (κ1) is 12.5. The second-order valence-electron chi connectivity index (χ2n) is 4.82. The van der Waals surface area contributed by atoms with E-state index in [1.165, 1.54) is 0 Å². The normalized spacial score (nSPS) is 17.8. The van der Waals surface area contributed by atoms with Gasteiger partial charge >= 0.3 is 0 Å². The maximum absolute atomic E-state index is 5.87. The largest absolute Gasteiger partial charge is 0.378 e. The molecule has 1 aliphatic rings. The minimum absolute atomic E-state index is 0.416. The number of aromatic nitrogens is 3. The number of nitrogens with one attached hydrogen (secondary N) is 1. The summed E-state index contributed by atoms with van der Waals surface area (Å²) >= 11 is 0. The highest BCUT2D eigenvalue weighted by molar-refractivity contribution is 4.88. The standard InChI is InChI=1S/C12H22N4O/c1-10(2)16-9-14-15-12(16)5-8-17-11-3-6-13-7-4-11/h9-11,13H,3-8H2,1-2H3. The Morgan fingerprint density at radius 1 is 1.47 bits per heavy atom. The Hall–Kier alpha value is -0.940. The van der Waals surface area contributed by atoms with Crippen LogP contribution in [0.25, 0.3) is 0 Å². The van der Waals surface area contributed by atoms with Crippen molar-refractivity contribution >= 4 is 0 Å². The molecule has 17 heavy (non-hydrogen) atoms. The molecule has 1 N–H and O–H groups in total. The molecule has 0 aliphatic carbocycles. The predicted molar refractivity (Wildman–Crippen MR) is 66.0 cm³/mol. The van der Waals surface area contributed by atoms with E-state index in [0.29, 0.717) is 12.1 Å². The van der Waals surface area contributed by atoms with Crippen molar-refractivity contribution in [3.8, 4) is 0 Å². The van der Waals surface area contributed by atoms with Gasteiger partial charge in [-0.1, -0.05) is 0 Å². The summed E-state index contributed by atoms with van der Waals surface area (Å²) in [5.41, 5.74) is 0. The Labute approximate surface area is 103 Å². The third-order valence-corrected chi connectivity index (χ3v) is 3.17. The Bertz CT molecular complexity index is 331. The quantitative estimate of drug-likeness (QED) is 0.836. The molecule has 0 amide bonds.